The lowest BCUT2D eigenvalue weighted by atomic mass is 10.0. The maximum Gasteiger partial charge on any atom is 0.309 e. The van der Waals surface area contributed by atoms with E-state index in [9.17, 15) is 4.79 Å². The monoisotopic (exact) mass is 256 g/mol. The highest BCUT2D eigenvalue weighted by Gasteiger charge is 2.24. The summed E-state index contributed by atoms with van der Waals surface area (Å²) in [6.45, 7) is 10.6. The summed E-state index contributed by atoms with van der Waals surface area (Å²) in [5.41, 5.74) is 0. The number of carbonyl (C=O) groups excluding carboxylic acids is 1. The van der Waals surface area contributed by atoms with Gasteiger partial charge in [-0.25, -0.2) is 0 Å². The Labute approximate surface area is 111 Å². The van der Waals surface area contributed by atoms with Crippen molar-refractivity contribution in [1.82, 2.24) is 10.2 Å². The zero-order valence-electron chi connectivity index (χ0n) is 12.1. The lowest BCUT2D eigenvalue weighted by Gasteiger charge is -2.35. The molecule has 4 heteroatoms. The van der Waals surface area contributed by atoms with Gasteiger partial charge in [-0.1, -0.05) is 13.8 Å². The Balaban J connectivity index is 2.47. The molecular weight excluding hydrogens is 228 g/mol. The van der Waals surface area contributed by atoms with Crippen LogP contribution in [0.4, 0.5) is 0 Å². The van der Waals surface area contributed by atoms with Crippen LogP contribution in [-0.2, 0) is 9.53 Å². The summed E-state index contributed by atoms with van der Waals surface area (Å²) in [7, 11) is 0. The molecule has 0 amide bonds. The predicted octanol–water partition coefficient (Wildman–Crippen LogP) is 1.65. The summed E-state index contributed by atoms with van der Waals surface area (Å²) in [5, 5.41) is 3.44. The second kappa shape index (κ2) is 8.48. The first kappa shape index (κ1) is 15.4. The van der Waals surface area contributed by atoms with Gasteiger partial charge in [0.15, 0.2) is 0 Å². The van der Waals surface area contributed by atoms with Crippen LogP contribution in [0.1, 0.15) is 40.0 Å². The fraction of sp³-hybridized carbons (Fsp3) is 0.929. The number of ether oxygens (including phenoxy) is 1. The third-order valence-electron chi connectivity index (χ3n) is 3.50. The van der Waals surface area contributed by atoms with Gasteiger partial charge in [0.1, 0.15) is 0 Å². The van der Waals surface area contributed by atoms with E-state index in [0.717, 1.165) is 32.6 Å². The minimum atomic E-state index is -0.0672. The van der Waals surface area contributed by atoms with E-state index in [1.165, 1.54) is 12.8 Å². The van der Waals surface area contributed by atoms with Crippen molar-refractivity contribution < 1.29 is 9.53 Å². The van der Waals surface area contributed by atoms with Crippen molar-refractivity contribution >= 4 is 5.97 Å². The first-order valence-corrected chi connectivity index (χ1v) is 7.30. The standard InChI is InChI=1S/C14H28N2O2/c1-4-9-16(13-7-6-8-15-10-13)11-12(3)14(17)18-5-2/h12-13,15H,4-11H2,1-3H3. The van der Waals surface area contributed by atoms with Gasteiger partial charge in [0, 0.05) is 19.1 Å². The predicted molar refractivity (Wildman–Crippen MR) is 73.6 cm³/mol. The number of carbonyl (C=O) groups is 1. The van der Waals surface area contributed by atoms with E-state index in [0.29, 0.717) is 12.6 Å². The highest BCUT2D eigenvalue weighted by atomic mass is 16.5. The van der Waals surface area contributed by atoms with Gasteiger partial charge >= 0.3 is 5.97 Å². The van der Waals surface area contributed by atoms with Crippen LogP contribution in [0, 0.1) is 5.92 Å². The van der Waals surface area contributed by atoms with Gasteiger partial charge in [-0.2, -0.15) is 0 Å². The molecule has 2 unspecified atom stereocenters. The van der Waals surface area contributed by atoms with Gasteiger partial charge in [-0.15, -0.1) is 0 Å². The Kier molecular flexibility index (Phi) is 7.28. The topological polar surface area (TPSA) is 41.6 Å². The van der Waals surface area contributed by atoms with Crippen molar-refractivity contribution in [3.63, 3.8) is 0 Å². The average molecular weight is 256 g/mol. The van der Waals surface area contributed by atoms with Crippen molar-refractivity contribution in [1.29, 1.82) is 0 Å². The van der Waals surface area contributed by atoms with Crippen LogP contribution in [0.5, 0.6) is 0 Å². The van der Waals surface area contributed by atoms with E-state index in [1.807, 2.05) is 13.8 Å². The van der Waals surface area contributed by atoms with Gasteiger partial charge in [0.05, 0.1) is 12.5 Å². The number of rotatable bonds is 7. The van der Waals surface area contributed by atoms with E-state index in [4.69, 9.17) is 4.74 Å². The van der Waals surface area contributed by atoms with Crippen LogP contribution in [0.25, 0.3) is 0 Å². The van der Waals surface area contributed by atoms with Gasteiger partial charge < -0.3 is 10.1 Å². The van der Waals surface area contributed by atoms with Crippen LogP contribution in [0.3, 0.4) is 0 Å². The fourth-order valence-electron chi connectivity index (χ4n) is 2.57. The molecule has 1 rings (SSSR count). The highest BCUT2D eigenvalue weighted by molar-refractivity contribution is 5.72. The lowest BCUT2D eigenvalue weighted by molar-refractivity contribution is -0.148. The molecule has 1 aliphatic rings. The second-order valence-corrected chi connectivity index (χ2v) is 5.15. The summed E-state index contributed by atoms with van der Waals surface area (Å²) in [6, 6.07) is 0.579. The molecule has 0 aliphatic carbocycles. The molecule has 0 saturated carbocycles. The van der Waals surface area contributed by atoms with E-state index >= 15 is 0 Å². The Morgan fingerprint density at radius 3 is 2.83 bits per heavy atom. The minimum absolute atomic E-state index is 0.0292. The van der Waals surface area contributed by atoms with Crippen molar-refractivity contribution in [2.45, 2.75) is 46.1 Å². The first-order chi connectivity index (χ1) is 8.69. The highest BCUT2D eigenvalue weighted by Crippen LogP contribution is 2.14. The molecule has 1 fully saturated rings. The van der Waals surface area contributed by atoms with Crippen LogP contribution in [-0.4, -0.2) is 49.7 Å². The lowest BCUT2D eigenvalue weighted by Crippen LogP contribution is -2.48. The molecule has 0 aromatic rings. The molecule has 0 radical (unpaired) electrons. The summed E-state index contributed by atoms with van der Waals surface area (Å²) in [6.07, 6.45) is 3.60. The Hall–Kier alpha value is -0.610. The third kappa shape index (κ3) is 4.94. The Morgan fingerprint density at radius 2 is 2.28 bits per heavy atom. The first-order valence-electron chi connectivity index (χ1n) is 7.30. The van der Waals surface area contributed by atoms with E-state index in [1.54, 1.807) is 0 Å². The number of hydrogen-bond donors (Lipinski definition) is 1. The van der Waals surface area contributed by atoms with Crippen LogP contribution in [0.15, 0.2) is 0 Å². The fourth-order valence-corrected chi connectivity index (χ4v) is 2.57. The van der Waals surface area contributed by atoms with Crippen LogP contribution >= 0.6 is 0 Å². The zero-order valence-corrected chi connectivity index (χ0v) is 12.1. The van der Waals surface area contributed by atoms with Crippen LogP contribution in [0.2, 0.25) is 0 Å². The third-order valence-corrected chi connectivity index (χ3v) is 3.50. The van der Waals surface area contributed by atoms with Gasteiger partial charge in [0.25, 0.3) is 0 Å². The Bertz CT molecular complexity index is 240. The maximum absolute atomic E-state index is 11.7. The number of nitrogens with zero attached hydrogens (tertiary/aromatic N) is 1. The van der Waals surface area contributed by atoms with E-state index < -0.39 is 0 Å². The molecule has 1 N–H and O–H groups in total. The van der Waals surface area contributed by atoms with Gasteiger partial charge in [-0.3, -0.25) is 9.69 Å². The molecule has 0 bridgehead atoms. The normalized spacial score (nSPS) is 21.9. The number of piperidine rings is 1. The van der Waals surface area contributed by atoms with Crippen molar-refractivity contribution in [3.05, 3.63) is 0 Å². The molecule has 106 valence electrons. The maximum atomic E-state index is 11.7. The minimum Gasteiger partial charge on any atom is -0.466 e. The Morgan fingerprint density at radius 1 is 1.50 bits per heavy atom. The largest absolute Gasteiger partial charge is 0.466 e. The molecule has 2 atom stereocenters. The molecule has 18 heavy (non-hydrogen) atoms. The summed E-state index contributed by atoms with van der Waals surface area (Å²) in [4.78, 5) is 14.2. The molecule has 0 aromatic carbocycles. The smallest absolute Gasteiger partial charge is 0.309 e. The van der Waals surface area contributed by atoms with Crippen LogP contribution < -0.4 is 5.32 Å². The summed E-state index contributed by atoms with van der Waals surface area (Å²) >= 11 is 0. The molecule has 4 nitrogen and oxygen atoms in total. The average Bonchev–Trinajstić information content (AvgIpc) is 2.39. The van der Waals surface area contributed by atoms with Crippen molar-refractivity contribution in [3.8, 4) is 0 Å². The van der Waals surface area contributed by atoms with E-state index in [-0.39, 0.29) is 11.9 Å². The van der Waals surface area contributed by atoms with Gasteiger partial charge in [-0.05, 0) is 39.3 Å². The van der Waals surface area contributed by atoms with Crippen molar-refractivity contribution in [2.75, 3.05) is 32.8 Å². The quantitative estimate of drug-likeness (QED) is 0.703. The molecule has 0 spiro atoms. The number of esters is 1. The SMILES string of the molecule is CCCN(CC(C)C(=O)OCC)C1CCCNC1. The van der Waals surface area contributed by atoms with E-state index in [2.05, 4.69) is 17.1 Å². The number of hydrogen-bond acceptors (Lipinski definition) is 4. The molecule has 1 heterocycles. The summed E-state index contributed by atoms with van der Waals surface area (Å²) < 4.78 is 5.09. The van der Waals surface area contributed by atoms with Crippen molar-refractivity contribution in [2.24, 2.45) is 5.92 Å². The molecular formula is C14H28N2O2. The zero-order chi connectivity index (χ0) is 13.4. The molecule has 0 aromatic heterocycles. The molecule has 1 saturated heterocycles. The number of nitrogens with one attached hydrogen (secondary N) is 1. The second-order valence-electron chi connectivity index (χ2n) is 5.15. The molecule has 1 aliphatic heterocycles. The summed E-state index contributed by atoms with van der Waals surface area (Å²) in [5.74, 6) is -0.0965. The van der Waals surface area contributed by atoms with Gasteiger partial charge in [0.2, 0.25) is 0 Å².